The molecular weight excluding hydrogens is 190 g/mol. The Hall–Kier alpha value is -1.22. The highest BCUT2D eigenvalue weighted by atomic mass is 16.5. The Kier molecular flexibility index (Phi) is 3.58. The third-order valence-electron chi connectivity index (χ3n) is 2.55. The third-order valence-corrected chi connectivity index (χ3v) is 2.55. The first kappa shape index (κ1) is 11.9. The number of benzene rings is 1. The van der Waals surface area contributed by atoms with E-state index < -0.39 is 0 Å². The minimum absolute atomic E-state index is 0.109. The molecule has 3 heteroatoms. The van der Waals surface area contributed by atoms with Crippen LogP contribution in [-0.2, 0) is 6.42 Å². The van der Waals surface area contributed by atoms with E-state index in [0.717, 1.165) is 23.1 Å². The van der Waals surface area contributed by atoms with Crippen LogP contribution in [0.3, 0.4) is 0 Å². The number of phenolic OH excluding ortho intramolecular Hbond substituents is 1. The van der Waals surface area contributed by atoms with Crippen LogP contribution in [0.2, 0.25) is 0 Å². The van der Waals surface area contributed by atoms with Gasteiger partial charge in [-0.3, -0.25) is 0 Å². The van der Waals surface area contributed by atoms with Crippen molar-refractivity contribution in [1.82, 2.24) is 0 Å². The van der Waals surface area contributed by atoms with Gasteiger partial charge in [0, 0.05) is 6.04 Å². The molecule has 0 aliphatic rings. The molecule has 0 bridgehead atoms. The van der Waals surface area contributed by atoms with Crippen molar-refractivity contribution in [2.75, 3.05) is 7.11 Å². The molecule has 1 rings (SSSR count). The maximum absolute atomic E-state index is 9.78. The highest BCUT2D eigenvalue weighted by Gasteiger charge is 2.13. The molecule has 0 radical (unpaired) electrons. The predicted octanol–water partition coefficient (Wildman–Crippen LogP) is 1.91. The van der Waals surface area contributed by atoms with Crippen LogP contribution < -0.4 is 10.5 Å². The molecule has 0 saturated heterocycles. The fourth-order valence-electron chi connectivity index (χ4n) is 1.75. The number of aryl methyl sites for hydroxylation is 1. The molecule has 0 spiro atoms. The molecule has 0 saturated carbocycles. The number of hydrogen-bond acceptors (Lipinski definition) is 3. The quantitative estimate of drug-likeness (QED) is 0.799. The molecule has 0 aromatic heterocycles. The summed E-state index contributed by atoms with van der Waals surface area (Å²) >= 11 is 0. The van der Waals surface area contributed by atoms with Crippen molar-refractivity contribution >= 4 is 0 Å². The number of phenols is 1. The lowest BCUT2D eigenvalue weighted by molar-refractivity contribution is 0.368. The molecule has 0 aliphatic heterocycles. The van der Waals surface area contributed by atoms with E-state index in [1.54, 1.807) is 7.11 Å². The lowest BCUT2D eigenvalue weighted by Crippen LogP contribution is -2.18. The number of rotatable bonds is 3. The average molecular weight is 209 g/mol. The third kappa shape index (κ3) is 2.42. The van der Waals surface area contributed by atoms with Crippen LogP contribution in [0.4, 0.5) is 0 Å². The minimum atomic E-state index is 0.109. The largest absolute Gasteiger partial charge is 0.504 e. The summed E-state index contributed by atoms with van der Waals surface area (Å²) < 4.78 is 5.19. The van der Waals surface area contributed by atoms with Gasteiger partial charge in [-0.05, 0) is 43.9 Å². The van der Waals surface area contributed by atoms with Gasteiger partial charge in [-0.25, -0.2) is 0 Å². The fraction of sp³-hybridized carbons (Fsp3) is 0.500. The van der Waals surface area contributed by atoms with Crippen LogP contribution in [0.25, 0.3) is 0 Å². The van der Waals surface area contributed by atoms with Crippen molar-refractivity contribution in [3.8, 4) is 11.5 Å². The van der Waals surface area contributed by atoms with Gasteiger partial charge in [0.2, 0.25) is 0 Å². The van der Waals surface area contributed by atoms with E-state index >= 15 is 0 Å². The first-order valence-corrected chi connectivity index (χ1v) is 5.09. The lowest BCUT2D eigenvalue weighted by Gasteiger charge is -2.15. The van der Waals surface area contributed by atoms with Crippen LogP contribution >= 0.6 is 0 Å². The maximum Gasteiger partial charge on any atom is 0.163 e. The summed E-state index contributed by atoms with van der Waals surface area (Å²) in [5.74, 6) is 0.786. The van der Waals surface area contributed by atoms with Crippen LogP contribution in [0.15, 0.2) is 6.07 Å². The highest BCUT2D eigenvalue weighted by Crippen LogP contribution is 2.35. The monoisotopic (exact) mass is 209 g/mol. The van der Waals surface area contributed by atoms with E-state index in [2.05, 4.69) is 0 Å². The van der Waals surface area contributed by atoms with Gasteiger partial charge in [-0.1, -0.05) is 6.07 Å². The molecule has 1 aromatic rings. The Morgan fingerprint density at radius 2 is 2.07 bits per heavy atom. The first-order valence-electron chi connectivity index (χ1n) is 5.09. The summed E-state index contributed by atoms with van der Waals surface area (Å²) in [6, 6.07) is 2.08. The van der Waals surface area contributed by atoms with Gasteiger partial charge >= 0.3 is 0 Å². The zero-order valence-corrected chi connectivity index (χ0v) is 9.79. The zero-order chi connectivity index (χ0) is 11.6. The Morgan fingerprint density at radius 3 is 2.53 bits per heavy atom. The Labute approximate surface area is 90.9 Å². The van der Waals surface area contributed by atoms with Gasteiger partial charge in [0.25, 0.3) is 0 Å². The van der Waals surface area contributed by atoms with Crippen molar-refractivity contribution in [3.63, 3.8) is 0 Å². The normalized spacial score (nSPS) is 12.6. The van der Waals surface area contributed by atoms with E-state index in [0.29, 0.717) is 5.75 Å². The van der Waals surface area contributed by atoms with Crippen LogP contribution in [0.5, 0.6) is 11.5 Å². The van der Waals surface area contributed by atoms with Gasteiger partial charge in [0.1, 0.15) is 0 Å². The first-order chi connectivity index (χ1) is 6.97. The predicted molar refractivity (Wildman–Crippen MR) is 61.5 cm³/mol. The van der Waals surface area contributed by atoms with Crippen LogP contribution in [0.1, 0.15) is 23.6 Å². The molecule has 3 N–H and O–H groups in total. The molecule has 3 nitrogen and oxygen atoms in total. The minimum Gasteiger partial charge on any atom is -0.504 e. The second-order valence-electron chi connectivity index (χ2n) is 4.04. The summed E-state index contributed by atoms with van der Waals surface area (Å²) in [5, 5.41) is 9.78. The molecule has 0 fully saturated rings. The number of hydrogen-bond donors (Lipinski definition) is 2. The summed E-state index contributed by atoms with van der Waals surface area (Å²) in [6.07, 6.45) is 0.795. The Morgan fingerprint density at radius 1 is 1.47 bits per heavy atom. The standard InChI is InChI=1S/C12H19NO2/c1-7-5-10(6-8(2)13)9(3)12(15-4)11(7)14/h5,8,14H,6,13H2,1-4H3. The van der Waals surface area contributed by atoms with Crippen molar-refractivity contribution in [2.24, 2.45) is 5.73 Å². The number of ether oxygens (including phenoxy) is 1. The van der Waals surface area contributed by atoms with Gasteiger partial charge < -0.3 is 15.6 Å². The van der Waals surface area contributed by atoms with Crippen LogP contribution in [0, 0.1) is 13.8 Å². The van der Waals surface area contributed by atoms with E-state index in [-0.39, 0.29) is 11.8 Å². The molecule has 1 atom stereocenters. The Bertz CT molecular complexity index is 359. The lowest BCUT2D eigenvalue weighted by atomic mass is 9.98. The van der Waals surface area contributed by atoms with Crippen molar-refractivity contribution < 1.29 is 9.84 Å². The van der Waals surface area contributed by atoms with E-state index in [1.807, 2.05) is 26.8 Å². The SMILES string of the molecule is COc1c(C)c(CC(C)N)cc(C)c1O. The second kappa shape index (κ2) is 4.53. The van der Waals surface area contributed by atoms with Gasteiger partial charge in [-0.2, -0.15) is 0 Å². The van der Waals surface area contributed by atoms with E-state index in [9.17, 15) is 5.11 Å². The molecule has 84 valence electrons. The fourth-order valence-corrected chi connectivity index (χ4v) is 1.75. The van der Waals surface area contributed by atoms with Crippen molar-refractivity contribution in [2.45, 2.75) is 33.2 Å². The number of nitrogens with two attached hydrogens (primary N) is 1. The summed E-state index contributed by atoms with van der Waals surface area (Å²) in [6.45, 7) is 5.77. The molecular formula is C12H19NO2. The molecule has 1 aromatic carbocycles. The van der Waals surface area contributed by atoms with Crippen molar-refractivity contribution in [3.05, 3.63) is 22.8 Å². The summed E-state index contributed by atoms with van der Waals surface area (Å²) in [5.41, 5.74) is 8.70. The summed E-state index contributed by atoms with van der Waals surface area (Å²) in [7, 11) is 1.57. The Balaban J connectivity index is 3.24. The molecule has 0 heterocycles. The molecule has 0 amide bonds. The number of methoxy groups -OCH3 is 1. The van der Waals surface area contributed by atoms with Gasteiger partial charge in [0.05, 0.1) is 7.11 Å². The number of aromatic hydroxyl groups is 1. The van der Waals surface area contributed by atoms with E-state index in [4.69, 9.17) is 10.5 Å². The highest BCUT2D eigenvalue weighted by molar-refractivity contribution is 5.54. The maximum atomic E-state index is 9.78. The van der Waals surface area contributed by atoms with E-state index in [1.165, 1.54) is 0 Å². The van der Waals surface area contributed by atoms with Gasteiger partial charge in [-0.15, -0.1) is 0 Å². The van der Waals surface area contributed by atoms with Crippen molar-refractivity contribution in [1.29, 1.82) is 0 Å². The smallest absolute Gasteiger partial charge is 0.163 e. The second-order valence-corrected chi connectivity index (χ2v) is 4.04. The van der Waals surface area contributed by atoms with Gasteiger partial charge in [0.15, 0.2) is 11.5 Å². The summed E-state index contributed by atoms with van der Waals surface area (Å²) in [4.78, 5) is 0. The molecule has 15 heavy (non-hydrogen) atoms. The zero-order valence-electron chi connectivity index (χ0n) is 9.79. The topological polar surface area (TPSA) is 55.5 Å². The van der Waals surface area contributed by atoms with Crippen LogP contribution in [-0.4, -0.2) is 18.3 Å². The molecule has 1 unspecified atom stereocenters. The molecule has 0 aliphatic carbocycles. The average Bonchev–Trinajstić information content (AvgIpc) is 2.14.